The molecule has 34 heavy (non-hydrogen) atoms. The van der Waals surface area contributed by atoms with Crippen LogP contribution in [0.1, 0.15) is 11.1 Å². The lowest BCUT2D eigenvalue weighted by atomic mass is 10.1. The fourth-order valence-corrected chi connectivity index (χ4v) is 2.77. The van der Waals surface area contributed by atoms with Gasteiger partial charge < -0.3 is 40.1 Å². The zero-order chi connectivity index (χ0) is 25.8. The molecule has 12 nitrogen and oxygen atoms in total. The second kappa shape index (κ2) is 13.8. The van der Waals surface area contributed by atoms with E-state index in [0.29, 0.717) is 12.1 Å². The Morgan fingerprint density at radius 3 is 2.29 bits per heavy atom. The number of benzene rings is 1. The molecule has 0 aliphatic carbocycles. The average molecular weight is 481 g/mol. The van der Waals surface area contributed by atoms with Crippen LogP contribution in [0, 0.1) is 6.92 Å². The zero-order valence-corrected chi connectivity index (χ0v) is 20.0. The summed E-state index contributed by atoms with van der Waals surface area (Å²) in [5.74, 6) is -2.78. The lowest BCUT2D eigenvalue weighted by Crippen LogP contribution is -2.40. The molecular formula is C22H32N4O8. The number of carbonyl (C=O) groups excluding carboxylic acids is 3. The van der Waals surface area contributed by atoms with Gasteiger partial charge in [-0.3, -0.25) is 9.59 Å². The number of ether oxygens (including phenoxy) is 2. The van der Waals surface area contributed by atoms with Crippen LogP contribution in [0.2, 0.25) is 0 Å². The van der Waals surface area contributed by atoms with E-state index in [4.69, 9.17) is 9.47 Å². The van der Waals surface area contributed by atoms with E-state index in [2.05, 4.69) is 10.6 Å². The lowest BCUT2D eigenvalue weighted by molar-refractivity contribution is -0.137. The molecule has 4 N–H and O–H groups in total. The van der Waals surface area contributed by atoms with Crippen molar-refractivity contribution in [3.8, 4) is 11.5 Å². The summed E-state index contributed by atoms with van der Waals surface area (Å²) in [6, 6.07) is 3.31. The molecule has 0 aliphatic heterocycles. The number of nitrogens with zero attached hydrogens (tertiary/aromatic N) is 2. The van der Waals surface area contributed by atoms with Crippen LogP contribution in [-0.4, -0.2) is 98.3 Å². The Hall–Kier alpha value is -3.64. The smallest absolute Gasteiger partial charge is 0.415 e. The van der Waals surface area contributed by atoms with Gasteiger partial charge in [0, 0.05) is 51.9 Å². The number of nitrogens with one attached hydrogen (secondary N) is 2. The van der Waals surface area contributed by atoms with Crippen LogP contribution in [0.15, 0.2) is 23.8 Å². The van der Waals surface area contributed by atoms with Crippen LogP contribution >= 0.6 is 0 Å². The van der Waals surface area contributed by atoms with Gasteiger partial charge in [0.15, 0.2) is 11.5 Å². The van der Waals surface area contributed by atoms with Gasteiger partial charge in [-0.05, 0) is 31.7 Å². The molecule has 0 atom stereocenters. The van der Waals surface area contributed by atoms with Crippen molar-refractivity contribution in [2.45, 2.75) is 13.5 Å². The van der Waals surface area contributed by atoms with Crippen LogP contribution in [0.5, 0.6) is 11.5 Å². The van der Waals surface area contributed by atoms with Gasteiger partial charge in [0.25, 0.3) is 5.91 Å². The Morgan fingerprint density at radius 1 is 1.09 bits per heavy atom. The first-order valence-corrected chi connectivity index (χ1v) is 10.4. The summed E-state index contributed by atoms with van der Waals surface area (Å²) in [5, 5.41) is 24.2. The second-order valence-corrected chi connectivity index (χ2v) is 7.39. The fourth-order valence-electron chi connectivity index (χ4n) is 2.77. The Morgan fingerprint density at radius 2 is 1.74 bits per heavy atom. The fraction of sp³-hybridized carbons (Fsp3) is 0.455. The highest BCUT2D eigenvalue weighted by Gasteiger charge is 2.24. The number of carboxylic acids is 1. The van der Waals surface area contributed by atoms with E-state index >= 15 is 0 Å². The number of amides is 3. The van der Waals surface area contributed by atoms with Crippen LogP contribution in [-0.2, 0) is 21.0 Å². The number of aliphatic hydroxyl groups excluding tert-OH is 1. The Labute approximate surface area is 198 Å². The van der Waals surface area contributed by atoms with Crippen molar-refractivity contribution in [1.82, 2.24) is 20.4 Å². The molecule has 1 aromatic rings. The number of methoxy groups -OCH3 is 1. The van der Waals surface area contributed by atoms with Gasteiger partial charge >= 0.3 is 12.1 Å². The predicted octanol–water partition coefficient (Wildman–Crippen LogP) is -0.268. The Bertz CT molecular complexity index is 906. The van der Waals surface area contributed by atoms with Gasteiger partial charge in [-0.2, -0.15) is 0 Å². The summed E-state index contributed by atoms with van der Waals surface area (Å²) in [4.78, 5) is 50.7. The van der Waals surface area contributed by atoms with Crippen molar-refractivity contribution in [2.24, 2.45) is 0 Å². The molecule has 0 aromatic heterocycles. The molecule has 0 fully saturated rings. The van der Waals surface area contributed by atoms with Gasteiger partial charge in [0.2, 0.25) is 5.91 Å². The Kier molecular flexibility index (Phi) is 11.5. The number of hydrogen-bond acceptors (Lipinski definition) is 8. The van der Waals surface area contributed by atoms with Gasteiger partial charge in [0.1, 0.15) is 5.57 Å². The first kappa shape index (κ1) is 28.4. The summed E-state index contributed by atoms with van der Waals surface area (Å²) < 4.78 is 10.6. The van der Waals surface area contributed by atoms with Gasteiger partial charge in [0.05, 0.1) is 13.7 Å². The Balaban J connectivity index is 2.81. The topological polar surface area (TPSA) is 158 Å². The molecule has 188 valence electrons. The van der Waals surface area contributed by atoms with E-state index in [9.17, 15) is 29.4 Å². The number of hydrogen-bond donors (Lipinski definition) is 4. The third kappa shape index (κ3) is 8.37. The molecule has 0 spiro atoms. The highest BCUT2D eigenvalue weighted by molar-refractivity contribution is 6.18. The van der Waals surface area contributed by atoms with E-state index in [1.54, 1.807) is 26.1 Å². The summed E-state index contributed by atoms with van der Waals surface area (Å²) in [6.45, 7) is 2.15. The second-order valence-electron chi connectivity index (χ2n) is 7.39. The van der Waals surface area contributed by atoms with Crippen LogP contribution in [0.25, 0.3) is 0 Å². The van der Waals surface area contributed by atoms with Crippen LogP contribution in [0.4, 0.5) is 4.79 Å². The zero-order valence-electron chi connectivity index (χ0n) is 20.0. The molecule has 0 unspecified atom stereocenters. The summed E-state index contributed by atoms with van der Waals surface area (Å²) in [6.07, 6.45) is -0.0369. The molecular weight excluding hydrogens is 448 g/mol. The average Bonchev–Trinajstić information content (AvgIpc) is 2.80. The summed E-state index contributed by atoms with van der Waals surface area (Å²) >= 11 is 0. The molecule has 0 saturated carbocycles. The molecule has 0 aliphatic rings. The van der Waals surface area contributed by atoms with Gasteiger partial charge in [-0.15, -0.1) is 0 Å². The third-order valence-corrected chi connectivity index (χ3v) is 4.70. The molecule has 12 heteroatoms. The van der Waals surface area contributed by atoms with Crippen molar-refractivity contribution in [2.75, 3.05) is 54.4 Å². The largest absolute Gasteiger partial charge is 0.493 e. The predicted molar refractivity (Wildman–Crippen MR) is 123 cm³/mol. The molecule has 0 radical (unpaired) electrons. The van der Waals surface area contributed by atoms with Crippen molar-refractivity contribution >= 4 is 23.9 Å². The minimum atomic E-state index is -1.55. The monoisotopic (exact) mass is 480 g/mol. The first-order valence-electron chi connectivity index (χ1n) is 10.4. The number of rotatable bonds is 12. The maximum Gasteiger partial charge on any atom is 0.415 e. The van der Waals surface area contributed by atoms with Gasteiger partial charge in [-0.25, -0.2) is 9.59 Å². The van der Waals surface area contributed by atoms with E-state index in [0.717, 1.165) is 16.5 Å². The number of aryl methyl sites for hydroxylation is 1. The number of aliphatic carboxylic acids is 1. The number of likely N-dealkylation sites (N-methyl/N-ethyl adjacent to an activating group) is 3. The number of carbonyl (C=O) groups is 4. The highest BCUT2D eigenvalue weighted by Crippen LogP contribution is 2.33. The standard InChI is InChI=1S/C22H32N4O8/c1-14-10-15(13-27)19(17(11-14)33-5)34-22(32)26(4)9-8-25(3)20(29)16(21(30)31)12-18(28)24-7-6-23-2/h10-12,23,27H,6-9,13H2,1-5H3,(H,24,28)(H,30,31). The van der Waals surface area contributed by atoms with E-state index in [-0.39, 0.29) is 37.7 Å². The number of carboxylic acid groups (broad SMARTS) is 1. The summed E-state index contributed by atoms with van der Waals surface area (Å²) in [7, 11) is 5.89. The first-order chi connectivity index (χ1) is 16.0. The maximum atomic E-state index is 12.5. The van der Waals surface area contributed by atoms with Crippen molar-refractivity contribution in [1.29, 1.82) is 0 Å². The summed E-state index contributed by atoms with van der Waals surface area (Å²) in [5.41, 5.74) is 0.481. The molecule has 1 rings (SSSR count). The van der Waals surface area contributed by atoms with Crippen molar-refractivity contribution in [3.05, 3.63) is 34.9 Å². The third-order valence-electron chi connectivity index (χ3n) is 4.70. The van der Waals surface area contributed by atoms with E-state index < -0.39 is 29.5 Å². The highest BCUT2D eigenvalue weighted by atomic mass is 16.6. The minimum absolute atomic E-state index is 0.00493. The van der Waals surface area contributed by atoms with Crippen molar-refractivity contribution < 1.29 is 38.9 Å². The van der Waals surface area contributed by atoms with E-state index in [1.807, 2.05) is 0 Å². The normalized spacial score (nSPS) is 10.9. The van der Waals surface area contributed by atoms with Crippen LogP contribution in [0.3, 0.4) is 0 Å². The molecule has 3 amide bonds. The maximum absolute atomic E-state index is 12.5. The molecule has 0 bridgehead atoms. The quantitative estimate of drug-likeness (QED) is 0.137. The molecule has 0 heterocycles. The van der Waals surface area contributed by atoms with Crippen molar-refractivity contribution in [3.63, 3.8) is 0 Å². The molecule has 1 aromatic carbocycles. The SMILES string of the molecule is CNCCNC(=O)C=C(C(=O)O)C(=O)N(C)CCN(C)C(=O)Oc1c(CO)cc(C)cc1OC. The number of aliphatic hydroxyl groups is 1. The minimum Gasteiger partial charge on any atom is -0.493 e. The van der Waals surface area contributed by atoms with Crippen LogP contribution < -0.4 is 20.1 Å². The van der Waals surface area contributed by atoms with E-state index in [1.165, 1.54) is 26.1 Å². The lowest BCUT2D eigenvalue weighted by Gasteiger charge is -2.23. The molecule has 0 saturated heterocycles. The van der Waals surface area contributed by atoms with Gasteiger partial charge in [-0.1, -0.05) is 0 Å².